The Hall–Kier alpha value is -19.1. The number of aryl methyl sites for hydroxylation is 12. The van der Waals surface area contributed by atoms with E-state index in [0.717, 1.165) is 122 Å². The van der Waals surface area contributed by atoms with Gasteiger partial charge in [0.05, 0.1) is 94.0 Å². The molecule has 0 radical (unpaired) electrons. The van der Waals surface area contributed by atoms with Gasteiger partial charge in [-0.2, -0.15) is 0 Å². The van der Waals surface area contributed by atoms with E-state index in [-0.39, 0.29) is 34.4 Å². The molecule has 24 heteroatoms. The Bertz CT molecular complexity index is 9710. The third-order valence-corrected chi connectivity index (χ3v) is 26.0. The summed E-state index contributed by atoms with van der Waals surface area (Å²) in [5.74, 6) is -2.64. The highest BCUT2D eigenvalue weighted by atomic mass is 19.1. The molecule has 0 saturated heterocycles. The lowest BCUT2D eigenvalue weighted by Crippen LogP contribution is -2.30. The van der Waals surface area contributed by atoms with Crippen molar-refractivity contribution in [1.29, 1.82) is 0 Å². The molecule has 696 valence electrons. The van der Waals surface area contributed by atoms with Crippen molar-refractivity contribution in [3.05, 3.63) is 429 Å². The maximum absolute atomic E-state index is 14.9. The number of hydrogen-bond acceptors (Lipinski definition) is 6. The first-order chi connectivity index (χ1) is 69.6. The monoisotopic (exact) mass is 1900 g/mol. The Kier molecular flexibility index (Phi) is 25.0. The minimum atomic E-state index is -0.522. The standard InChI is InChI=1S/6C20H14FN2O/c1-12-11-16-19(18-13(21)7-6-9-15(18)24-16)20(22-2)17(12)14-8-4-5-10-23(14)3;1-12-7-10-16-19(17(12)15-6-4-5-11-23(15)3)18-13(21)8-9-14(22-2)20(18)24-16;1-12-7-9-15-18(17(12)14-6-4-5-11-23(14)3)19-16(24-15)10-8-13(22-2)20(19)21;1-12-10-18-14(11-13(12)16-6-4-5-9-23(16)3)19-17(24-18)8-7-15(22-2)20(19)21;1-12-7-8-16-20(18(12)15-6-4-5-9-23(15)3)19-14(21)10-13(22-2)11-17(19)24-16;1-12-8-18-15(11-14(12)17-6-4-5-7-23(17)3)20-16(21)9-13(22-2)10-19(20)24-18/h6*4-11H,1,3H3/q6*+1. The molecular formula is C120H84F6N12O6+6. The lowest BCUT2D eigenvalue weighted by Gasteiger charge is -2.08. The summed E-state index contributed by atoms with van der Waals surface area (Å²) in [6.45, 7) is 55.4. The predicted molar refractivity (Wildman–Crippen MR) is 548 cm³/mol. The van der Waals surface area contributed by atoms with Gasteiger partial charge in [0, 0.05) is 116 Å². The van der Waals surface area contributed by atoms with Crippen LogP contribution in [-0.4, -0.2) is 0 Å². The SMILES string of the molecule is [C-]#[N+]c1c(-c2cccc[n+]2C)c(C)cc2oc3cccc(F)c3c12.[C-]#[N+]c1cc(F)c2c(c1)oc1cc(C)c(-c3cccc[n+]3C)cc12.[C-]#[N+]c1cc(F)c2c(c1)oc1ccc(C)c(-c3cccc[n+]3C)c12.[C-]#[N+]c1ccc(F)c2c1oc1ccc(C)c(-c3cccc[n+]3C)c12.[C-]#[N+]c1ccc2oc3cc(C)c(-c4cccc[n+]4C)cc3c2c1F.[C-]#[N+]c1ccc2oc3ccc(C)c(-c4cccc[n+]4C)c3c2c1F. The second kappa shape index (κ2) is 38.3. The lowest BCUT2D eigenvalue weighted by atomic mass is 9.97. The number of hydrogen-bond donors (Lipinski definition) is 0. The largest absolute Gasteiger partial charge is 0.467 e. The van der Waals surface area contributed by atoms with Crippen LogP contribution in [0.15, 0.2) is 318 Å². The highest BCUT2D eigenvalue weighted by molar-refractivity contribution is 6.19. The topological polar surface area (TPSA) is 128 Å². The van der Waals surface area contributed by atoms with E-state index in [1.807, 2.05) is 324 Å². The minimum Gasteiger partial charge on any atom is -0.467 e. The molecular weight excluding hydrogens is 1820 g/mol. The van der Waals surface area contributed by atoms with Gasteiger partial charge in [-0.25, -0.2) is 82.8 Å². The van der Waals surface area contributed by atoms with Crippen molar-refractivity contribution in [2.24, 2.45) is 42.3 Å². The predicted octanol–water partition coefficient (Wildman–Crippen LogP) is 30.5. The van der Waals surface area contributed by atoms with E-state index >= 15 is 0 Å². The van der Waals surface area contributed by atoms with E-state index in [1.54, 1.807) is 36.4 Å². The number of benzene rings is 12. The number of rotatable bonds is 6. The molecule has 24 aromatic rings. The van der Waals surface area contributed by atoms with Crippen molar-refractivity contribution >= 4 is 166 Å². The number of furan rings is 6. The zero-order chi connectivity index (χ0) is 101. The Morgan fingerprint density at radius 2 is 0.556 bits per heavy atom. The molecule has 0 aliphatic carbocycles. The molecule has 0 amide bonds. The van der Waals surface area contributed by atoms with E-state index in [9.17, 15) is 26.3 Å². The smallest absolute Gasteiger partial charge is 0.229 e. The molecule has 12 aromatic carbocycles. The fourth-order valence-corrected chi connectivity index (χ4v) is 19.2. The number of halogens is 6. The van der Waals surface area contributed by atoms with Gasteiger partial charge >= 0.3 is 0 Å². The zero-order valence-electron chi connectivity index (χ0n) is 79.8. The molecule has 0 spiro atoms. The van der Waals surface area contributed by atoms with Crippen molar-refractivity contribution < 1.29 is 80.2 Å². The number of nitrogens with zero attached hydrogens (tertiary/aromatic N) is 12. The summed E-state index contributed by atoms with van der Waals surface area (Å²) in [7, 11) is 11.8. The van der Waals surface area contributed by atoms with Gasteiger partial charge in [-0.3, -0.25) is 0 Å². The van der Waals surface area contributed by atoms with Crippen molar-refractivity contribution in [2.75, 3.05) is 0 Å². The molecule has 0 atom stereocenters. The number of aromatic nitrogens is 6. The summed E-state index contributed by atoms with van der Waals surface area (Å²) >= 11 is 0. The average Bonchev–Trinajstić information content (AvgIpc) is 1.58. The molecule has 12 aromatic heterocycles. The number of fused-ring (bicyclic) bond motifs is 18. The molecule has 0 saturated carbocycles. The third-order valence-electron chi connectivity index (χ3n) is 26.0. The fourth-order valence-electron chi connectivity index (χ4n) is 19.2. The van der Waals surface area contributed by atoms with Crippen molar-refractivity contribution in [2.45, 2.75) is 41.5 Å². The second-order valence-corrected chi connectivity index (χ2v) is 35.0. The van der Waals surface area contributed by atoms with Crippen LogP contribution < -0.4 is 27.4 Å². The fraction of sp³-hybridized carbons (Fsp3) is 0.100. The first-order valence-corrected chi connectivity index (χ1v) is 45.5. The summed E-state index contributed by atoms with van der Waals surface area (Å²) in [5.41, 5.74) is 25.1. The first kappa shape index (κ1) is 93.9. The van der Waals surface area contributed by atoms with Crippen LogP contribution >= 0.6 is 0 Å². The van der Waals surface area contributed by atoms with Gasteiger partial charge in [-0.15, -0.1) is 0 Å². The van der Waals surface area contributed by atoms with Crippen molar-refractivity contribution in [3.63, 3.8) is 0 Å². The Morgan fingerprint density at radius 1 is 0.222 bits per heavy atom. The summed E-state index contributed by atoms with van der Waals surface area (Å²) in [6.07, 6.45) is 11.8. The van der Waals surface area contributed by atoms with Gasteiger partial charge in [0.25, 0.3) is 0 Å². The summed E-state index contributed by atoms with van der Waals surface area (Å²) in [5, 5.41) is 6.50. The molecule has 0 aliphatic heterocycles. The molecule has 0 unspecified atom stereocenters. The molecule has 0 aliphatic rings. The summed E-state index contributed by atoms with van der Waals surface area (Å²) in [6, 6.07) is 76.1. The maximum atomic E-state index is 14.9. The van der Waals surface area contributed by atoms with Crippen LogP contribution in [0, 0.1) is 116 Å². The third kappa shape index (κ3) is 16.7. The van der Waals surface area contributed by atoms with E-state index in [4.69, 9.17) is 65.9 Å². The molecule has 24 rings (SSSR count). The number of pyridine rings is 6. The highest BCUT2D eigenvalue weighted by Crippen LogP contribution is 2.49. The van der Waals surface area contributed by atoms with E-state index < -0.39 is 23.3 Å². The summed E-state index contributed by atoms with van der Waals surface area (Å²) in [4.78, 5) is 20.3. The Labute approximate surface area is 821 Å². The van der Waals surface area contributed by atoms with Crippen molar-refractivity contribution in [3.8, 4) is 67.5 Å². The van der Waals surface area contributed by atoms with E-state index in [2.05, 4.69) is 29.1 Å². The molecule has 144 heavy (non-hydrogen) atoms. The Morgan fingerprint density at radius 3 is 1.01 bits per heavy atom. The van der Waals surface area contributed by atoms with Crippen molar-refractivity contribution in [1.82, 2.24) is 0 Å². The van der Waals surface area contributed by atoms with Gasteiger partial charge < -0.3 is 26.5 Å². The lowest BCUT2D eigenvalue weighted by molar-refractivity contribution is -0.660. The van der Waals surface area contributed by atoms with Gasteiger partial charge in [0.2, 0.25) is 56.9 Å². The second-order valence-electron chi connectivity index (χ2n) is 35.0. The molecule has 18 nitrogen and oxygen atoms in total. The van der Waals surface area contributed by atoms with Crippen LogP contribution in [0.5, 0.6) is 0 Å². The van der Waals surface area contributed by atoms with Crippen LogP contribution in [-0.2, 0) is 42.3 Å². The molecule has 0 N–H and O–H groups in total. The normalized spacial score (nSPS) is 11.1. The van der Waals surface area contributed by atoms with E-state index in [1.165, 1.54) is 42.5 Å². The van der Waals surface area contributed by atoms with Gasteiger partial charge in [0.1, 0.15) is 144 Å². The molecule has 0 bridgehead atoms. The van der Waals surface area contributed by atoms with Crippen LogP contribution in [0.25, 0.3) is 228 Å². The average molecular weight is 1900 g/mol. The van der Waals surface area contributed by atoms with Crippen LogP contribution in [0.4, 0.5) is 60.5 Å². The molecule has 0 fully saturated rings. The highest BCUT2D eigenvalue weighted by Gasteiger charge is 2.31. The first-order valence-electron chi connectivity index (χ1n) is 45.5. The van der Waals surface area contributed by atoms with Gasteiger partial charge in [0.15, 0.2) is 48.6 Å². The zero-order valence-corrected chi connectivity index (χ0v) is 79.8. The van der Waals surface area contributed by atoms with Crippen LogP contribution in [0.2, 0.25) is 0 Å². The van der Waals surface area contributed by atoms with E-state index in [0.29, 0.717) is 121 Å². The molecule has 12 heterocycles. The quantitative estimate of drug-likeness (QED) is 0.0926. The minimum absolute atomic E-state index is 0.00935. The van der Waals surface area contributed by atoms with Gasteiger partial charge in [-0.1, -0.05) is 24.3 Å². The van der Waals surface area contributed by atoms with Crippen LogP contribution in [0.3, 0.4) is 0 Å². The maximum Gasteiger partial charge on any atom is 0.229 e. The van der Waals surface area contributed by atoms with Crippen LogP contribution in [0.1, 0.15) is 33.4 Å². The summed E-state index contributed by atoms with van der Waals surface area (Å²) < 4.78 is 135. The van der Waals surface area contributed by atoms with Gasteiger partial charge in [-0.05, 0) is 233 Å². The Balaban J connectivity index is 0.000000109.